The number of hydrogen-bond acceptors (Lipinski definition) is 2. The predicted molar refractivity (Wildman–Crippen MR) is 83.1 cm³/mol. The van der Waals surface area contributed by atoms with Crippen LogP contribution >= 0.6 is 27.3 Å². The largest absolute Gasteiger partial charge is 0.307 e. The van der Waals surface area contributed by atoms with E-state index in [0.29, 0.717) is 11.6 Å². The Balaban J connectivity index is 1.98. The Labute approximate surface area is 126 Å². The number of thiophene rings is 1. The van der Waals surface area contributed by atoms with Crippen molar-refractivity contribution in [3.05, 3.63) is 56.4 Å². The van der Waals surface area contributed by atoms with Gasteiger partial charge in [0.1, 0.15) is 5.82 Å². The lowest BCUT2D eigenvalue weighted by Crippen LogP contribution is -2.31. The normalized spacial score (nSPS) is 14.3. The van der Waals surface area contributed by atoms with Gasteiger partial charge in [-0.1, -0.05) is 22.0 Å². The molecule has 1 nitrogen and oxygen atoms in total. The van der Waals surface area contributed by atoms with Gasteiger partial charge in [-0.2, -0.15) is 11.3 Å². The number of hydrogen-bond donors (Lipinski definition) is 1. The summed E-state index contributed by atoms with van der Waals surface area (Å²) in [6, 6.07) is 7.66. The Morgan fingerprint density at radius 3 is 2.74 bits per heavy atom. The third kappa shape index (κ3) is 4.13. The summed E-state index contributed by atoms with van der Waals surface area (Å²) in [7, 11) is 0. The van der Waals surface area contributed by atoms with Crippen molar-refractivity contribution in [3.8, 4) is 0 Å². The standard InChI is InChI=1S/C15H17BrFNS/c1-10(7-12-5-6-19-9-12)18-11(2)14-4-3-13(16)8-15(14)17/h3-6,8-11,18H,7H2,1-2H3. The first-order chi connectivity index (χ1) is 9.06. The zero-order valence-corrected chi connectivity index (χ0v) is 13.4. The van der Waals surface area contributed by atoms with E-state index in [0.717, 1.165) is 10.9 Å². The second-order valence-corrected chi connectivity index (χ2v) is 6.49. The Bertz CT molecular complexity index is 527. The molecule has 0 fully saturated rings. The molecule has 0 amide bonds. The summed E-state index contributed by atoms with van der Waals surface area (Å²) in [6.07, 6.45) is 0.964. The van der Waals surface area contributed by atoms with Crippen LogP contribution in [0.2, 0.25) is 0 Å². The highest BCUT2D eigenvalue weighted by atomic mass is 79.9. The van der Waals surface area contributed by atoms with Gasteiger partial charge in [-0.3, -0.25) is 0 Å². The molecule has 2 atom stereocenters. The van der Waals surface area contributed by atoms with E-state index >= 15 is 0 Å². The van der Waals surface area contributed by atoms with E-state index in [4.69, 9.17) is 0 Å². The molecule has 0 aliphatic carbocycles. The Morgan fingerprint density at radius 2 is 2.11 bits per heavy atom. The average molecular weight is 342 g/mol. The van der Waals surface area contributed by atoms with E-state index in [1.54, 1.807) is 11.3 Å². The number of rotatable bonds is 5. The van der Waals surface area contributed by atoms with Crippen LogP contribution in [0.3, 0.4) is 0 Å². The van der Waals surface area contributed by atoms with E-state index in [1.807, 2.05) is 19.1 Å². The van der Waals surface area contributed by atoms with Crippen LogP contribution in [0.5, 0.6) is 0 Å². The van der Waals surface area contributed by atoms with Crippen LogP contribution in [0, 0.1) is 5.82 Å². The summed E-state index contributed by atoms with van der Waals surface area (Å²) in [6.45, 7) is 4.13. The molecule has 19 heavy (non-hydrogen) atoms. The van der Waals surface area contributed by atoms with Crippen molar-refractivity contribution in [1.82, 2.24) is 5.32 Å². The van der Waals surface area contributed by atoms with Crippen molar-refractivity contribution >= 4 is 27.3 Å². The fraction of sp³-hybridized carbons (Fsp3) is 0.333. The molecular formula is C15H17BrFNS. The molecule has 1 aromatic carbocycles. The molecule has 1 aromatic heterocycles. The number of halogens is 2. The lowest BCUT2D eigenvalue weighted by atomic mass is 10.0. The Morgan fingerprint density at radius 1 is 1.32 bits per heavy atom. The van der Waals surface area contributed by atoms with Crippen LogP contribution in [-0.4, -0.2) is 6.04 Å². The first kappa shape index (κ1) is 14.7. The second-order valence-electron chi connectivity index (χ2n) is 4.79. The van der Waals surface area contributed by atoms with E-state index in [-0.39, 0.29) is 11.9 Å². The molecule has 1 heterocycles. The summed E-state index contributed by atoms with van der Waals surface area (Å²) in [5, 5.41) is 7.68. The van der Waals surface area contributed by atoms with Gasteiger partial charge >= 0.3 is 0 Å². The van der Waals surface area contributed by atoms with Gasteiger partial charge in [0, 0.05) is 22.1 Å². The molecule has 2 aromatic rings. The molecule has 0 aliphatic heterocycles. The van der Waals surface area contributed by atoms with E-state index in [1.165, 1.54) is 11.6 Å². The van der Waals surface area contributed by atoms with Crippen molar-refractivity contribution in [1.29, 1.82) is 0 Å². The zero-order valence-electron chi connectivity index (χ0n) is 11.0. The molecule has 2 rings (SSSR count). The average Bonchev–Trinajstić information content (AvgIpc) is 2.81. The van der Waals surface area contributed by atoms with Crippen LogP contribution < -0.4 is 5.32 Å². The fourth-order valence-electron chi connectivity index (χ4n) is 2.19. The fourth-order valence-corrected chi connectivity index (χ4v) is 3.21. The molecule has 2 unspecified atom stereocenters. The van der Waals surface area contributed by atoms with E-state index in [2.05, 4.69) is 45.0 Å². The van der Waals surface area contributed by atoms with Crippen molar-refractivity contribution in [2.45, 2.75) is 32.4 Å². The zero-order chi connectivity index (χ0) is 13.8. The molecule has 102 valence electrons. The van der Waals surface area contributed by atoms with Gasteiger partial charge < -0.3 is 5.32 Å². The van der Waals surface area contributed by atoms with Gasteiger partial charge in [-0.15, -0.1) is 0 Å². The minimum Gasteiger partial charge on any atom is -0.307 e. The summed E-state index contributed by atoms with van der Waals surface area (Å²) >= 11 is 4.98. The topological polar surface area (TPSA) is 12.0 Å². The van der Waals surface area contributed by atoms with Crippen molar-refractivity contribution in [3.63, 3.8) is 0 Å². The highest BCUT2D eigenvalue weighted by Crippen LogP contribution is 2.21. The molecule has 1 N–H and O–H groups in total. The molecule has 0 saturated heterocycles. The number of benzene rings is 1. The SMILES string of the molecule is CC(Cc1ccsc1)NC(C)c1ccc(Br)cc1F. The Hall–Kier alpha value is -0.710. The first-order valence-corrected chi connectivity index (χ1v) is 8.02. The van der Waals surface area contributed by atoms with Crippen LogP contribution in [0.4, 0.5) is 4.39 Å². The maximum atomic E-state index is 13.9. The van der Waals surface area contributed by atoms with E-state index < -0.39 is 0 Å². The van der Waals surface area contributed by atoms with Crippen LogP contribution in [0.25, 0.3) is 0 Å². The molecule has 0 aliphatic rings. The molecule has 0 bridgehead atoms. The summed E-state index contributed by atoms with van der Waals surface area (Å²) in [5.74, 6) is -0.169. The van der Waals surface area contributed by atoms with Crippen molar-refractivity contribution < 1.29 is 4.39 Å². The summed E-state index contributed by atoms with van der Waals surface area (Å²) in [4.78, 5) is 0. The molecule has 0 spiro atoms. The van der Waals surface area contributed by atoms with Gasteiger partial charge in [0.25, 0.3) is 0 Å². The van der Waals surface area contributed by atoms with E-state index in [9.17, 15) is 4.39 Å². The molecule has 0 radical (unpaired) electrons. The second kappa shape index (κ2) is 6.64. The predicted octanol–water partition coefficient (Wildman–Crippen LogP) is 4.93. The lowest BCUT2D eigenvalue weighted by molar-refractivity contribution is 0.460. The Kier molecular flexibility index (Phi) is 5.13. The highest BCUT2D eigenvalue weighted by molar-refractivity contribution is 9.10. The molecular weight excluding hydrogens is 325 g/mol. The van der Waals surface area contributed by atoms with Gasteiger partial charge in [0.2, 0.25) is 0 Å². The summed E-state index contributed by atoms with van der Waals surface area (Å²) < 4.78 is 14.6. The van der Waals surface area contributed by atoms with Crippen LogP contribution in [0.1, 0.15) is 31.0 Å². The van der Waals surface area contributed by atoms with Crippen LogP contribution in [0.15, 0.2) is 39.5 Å². The lowest BCUT2D eigenvalue weighted by Gasteiger charge is -2.20. The molecule has 4 heteroatoms. The number of nitrogens with one attached hydrogen (secondary N) is 1. The monoisotopic (exact) mass is 341 g/mol. The smallest absolute Gasteiger partial charge is 0.129 e. The van der Waals surface area contributed by atoms with Crippen molar-refractivity contribution in [2.75, 3.05) is 0 Å². The quantitative estimate of drug-likeness (QED) is 0.812. The molecule has 0 saturated carbocycles. The highest BCUT2D eigenvalue weighted by Gasteiger charge is 2.14. The van der Waals surface area contributed by atoms with Gasteiger partial charge in [-0.25, -0.2) is 4.39 Å². The first-order valence-electron chi connectivity index (χ1n) is 6.28. The van der Waals surface area contributed by atoms with Gasteiger partial charge in [-0.05, 0) is 54.8 Å². The third-order valence-corrected chi connectivity index (χ3v) is 4.31. The van der Waals surface area contributed by atoms with Gasteiger partial charge in [0.15, 0.2) is 0 Å². The minimum atomic E-state index is -0.169. The maximum absolute atomic E-state index is 13.9. The van der Waals surface area contributed by atoms with Gasteiger partial charge in [0.05, 0.1) is 0 Å². The third-order valence-electron chi connectivity index (χ3n) is 3.09. The minimum absolute atomic E-state index is 0.00161. The summed E-state index contributed by atoms with van der Waals surface area (Å²) in [5.41, 5.74) is 2.04. The van der Waals surface area contributed by atoms with Crippen LogP contribution in [-0.2, 0) is 6.42 Å². The van der Waals surface area contributed by atoms with Crippen molar-refractivity contribution in [2.24, 2.45) is 0 Å². The maximum Gasteiger partial charge on any atom is 0.129 e.